The lowest BCUT2D eigenvalue weighted by Crippen LogP contribution is -2.18. The van der Waals surface area contributed by atoms with Gasteiger partial charge in [-0.05, 0) is 48.9 Å². The summed E-state index contributed by atoms with van der Waals surface area (Å²) in [5.41, 5.74) is 1.58. The molecule has 0 aliphatic heterocycles. The molecule has 0 bridgehead atoms. The molecule has 0 spiro atoms. The van der Waals surface area contributed by atoms with E-state index in [9.17, 15) is 9.59 Å². The molecule has 132 valence electrons. The first-order chi connectivity index (χ1) is 12.1. The molecular formula is C19H22N2O4. The molecule has 0 atom stereocenters. The number of hydrogen-bond donors (Lipinski definition) is 2. The van der Waals surface area contributed by atoms with Gasteiger partial charge in [-0.15, -0.1) is 0 Å². The van der Waals surface area contributed by atoms with Crippen LogP contribution in [-0.2, 0) is 0 Å². The molecule has 2 aromatic rings. The molecule has 6 heteroatoms. The van der Waals surface area contributed by atoms with E-state index in [2.05, 4.69) is 10.6 Å². The van der Waals surface area contributed by atoms with Gasteiger partial charge in [0.25, 0.3) is 11.8 Å². The Morgan fingerprint density at radius 3 is 2.24 bits per heavy atom. The van der Waals surface area contributed by atoms with E-state index in [-0.39, 0.29) is 11.8 Å². The van der Waals surface area contributed by atoms with Crippen molar-refractivity contribution in [1.29, 1.82) is 0 Å². The topological polar surface area (TPSA) is 76.7 Å². The minimum atomic E-state index is -0.270. The Labute approximate surface area is 147 Å². The van der Waals surface area contributed by atoms with Crippen LogP contribution in [0.1, 0.15) is 34.1 Å². The Bertz CT molecular complexity index is 742. The molecule has 0 heterocycles. The van der Waals surface area contributed by atoms with E-state index in [0.29, 0.717) is 34.9 Å². The van der Waals surface area contributed by atoms with Crippen molar-refractivity contribution in [2.24, 2.45) is 0 Å². The zero-order valence-corrected chi connectivity index (χ0v) is 14.6. The highest BCUT2D eigenvalue weighted by molar-refractivity contribution is 6.05. The second-order valence-corrected chi connectivity index (χ2v) is 5.32. The van der Waals surface area contributed by atoms with Crippen LogP contribution in [0.2, 0.25) is 0 Å². The first kappa shape index (κ1) is 18.3. The number of amides is 2. The minimum Gasteiger partial charge on any atom is -0.493 e. The zero-order chi connectivity index (χ0) is 18.2. The van der Waals surface area contributed by atoms with Gasteiger partial charge in [-0.1, -0.05) is 6.92 Å². The van der Waals surface area contributed by atoms with Crippen molar-refractivity contribution in [3.63, 3.8) is 0 Å². The molecule has 6 nitrogen and oxygen atoms in total. The summed E-state index contributed by atoms with van der Waals surface area (Å²) in [4.78, 5) is 23.9. The molecule has 0 fully saturated rings. The fourth-order valence-corrected chi connectivity index (χ4v) is 2.19. The van der Waals surface area contributed by atoms with Gasteiger partial charge in [0, 0.05) is 23.9 Å². The van der Waals surface area contributed by atoms with Gasteiger partial charge in [0.2, 0.25) is 0 Å². The van der Waals surface area contributed by atoms with Gasteiger partial charge in [-0.25, -0.2) is 0 Å². The van der Waals surface area contributed by atoms with Crippen LogP contribution in [0.4, 0.5) is 5.69 Å². The molecular weight excluding hydrogens is 320 g/mol. The van der Waals surface area contributed by atoms with Gasteiger partial charge in [-0.3, -0.25) is 9.59 Å². The van der Waals surface area contributed by atoms with E-state index in [4.69, 9.17) is 9.47 Å². The Kier molecular flexibility index (Phi) is 6.39. The average molecular weight is 342 g/mol. The van der Waals surface area contributed by atoms with Crippen molar-refractivity contribution in [1.82, 2.24) is 5.32 Å². The van der Waals surface area contributed by atoms with Crippen molar-refractivity contribution in [3.8, 4) is 11.5 Å². The fraction of sp³-hybridized carbons (Fsp3) is 0.263. The zero-order valence-electron chi connectivity index (χ0n) is 14.6. The standard InChI is InChI=1S/C19H22N2O4/c1-4-11-25-16-10-7-14(12-17(16)24-3)19(23)21-15-8-5-13(6-9-15)18(22)20-2/h5-10,12H,4,11H2,1-3H3,(H,20,22)(H,21,23). The normalized spacial score (nSPS) is 10.0. The van der Waals surface area contributed by atoms with Gasteiger partial charge >= 0.3 is 0 Å². The predicted octanol–water partition coefficient (Wildman–Crippen LogP) is 3.10. The highest BCUT2D eigenvalue weighted by Gasteiger charge is 2.12. The fourth-order valence-electron chi connectivity index (χ4n) is 2.19. The molecule has 2 rings (SSSR count). The van der Waals surface area contributed by atoms with Gasteiger partial charge in [0.1, 0.15) is 0 Å². The predicted molar refractivity (Wildman–Crippen MR) is 96.6 cm³/mol. The molecule has 0 unspecified atom stereocenters. The number of carbonyl (C=O) groups is 2. The molecule has 0 aliphatic carbocycles. The summed E-state index contributed by atoms with van der Waals surface area (Å²) in [6.45, 7) is 2.60. The second kappa shape index (κ2) is 8.73. The maximum absolute atomic E-state index is 12.4. The summed E-state index contributed by atoms with van der Waals surface area (Å²) in [5.74, 6) is 0.671. The number of hydrogen-bond acceptors (Lipinski definition) is 4. The summed E-state index contributed by atoms with van der Waals surface area (Å²) in [7, 11) is 3.10. The van der Waals surface area contributed by atoms with E-state index in [1.807, 2.05) is 6.92 Å². The van der Waals surface area contributed by atoms with Crippen LogP contribution in [-0.4, -0.2) is 32.6 Å². The summed E-state index contributed by atoms with van der Waals surface area (Å²) < 4.78 is 10.9. The number of ether oxygens (including phenoxy) is 2. The van der Waals surface area contributed by atoms with E-state index in [1.165, 1.54) is 7.11 Å². The Hall–Kier alpha value is -3.02. The van der Waals surface area contributed by atoms with Crippen LogP contribution < -0.4 is 20.1 Å². The maximum Gasteiger partial charge on any atom is 0.255 e. The van der Waals surface area contributed by atoms with Gasteiger partial charge < -0.3 is 20.1 Å². The summed E-state index contributed by atoms with van der Waals surface area (Å²) >= 11 is 0. The number of methoxy groups -OCH3 is 1. The lowest BCUT2D eigenvalue weighted by molar-refractivity contribution is 0.0962. The number of anilines is 1. The summed E-state index contributed by atoms with van der Waals surface area (Å²) in [5, 5.41) is 5.34. The Balaban J connectivity index is 2.11. The molecule has 0 aromatic heterocycles. The van der Waals surface area contributed by atoms with Gasteiger partial charge in [0.05, 0.1) is 13.7 Å². The van der Waals surface area contributed by atoms with Crippen molar-refractivity contribution in [2.75, 3.05) is 26.1 Å². The minimum absolute atomic E-state index is 0.176. The van der Waals surface area contributed by atoms with Crippen molar-refractivity contribution in [2.45, 2.75) is 13.3 Å². The van der Waals surface area contributed by atoms with Crippen LogP contribution in [0.15, 0.2) is 42.5 Å². The third-order valence-corrected chi connectivity index (χ3v) is 3.52. The summed E-state index contributed by atoms with van der Waals surface area (Å²) in [6, 6.07) is 11.7. The van der Waals surface area contributed by atoms with Crippen LogP contribution >= 0.6 is 0 Å². The van der Waals surface area contributed by atoms with Crippen LogP contribution in [0, 0.1) is 0 Å². The smallest absolute Gasteiger partial charge is 0.255 e. The van der Waals surface area contributed by atoms with Crippen LogP contribution in [0.3, 0.4) is 0 Å². The number of nitrogens with one attached hydrogen (secondary N) is 2. The molecule has 2 amide bonds. The monoisotopic (exact) mass is 342 g/mol. The highest BCUT2D eigenvalue weighted by atomic mass is 16.5. The first-order valence-electron chi connectivity index (χ1n) is 8.03. The number of carbonyl (C=O) groups excluding carboxylic acids is 2. The SMILES string of the molecule is CCCOc1ccc(C(=O)Nc2ccc(C(=O)NC)cc2)cc1OC. The van der Waals surface area contributed by atoms with E-state index in [0.717, 1.165) is 6.42 Å². The lowest BCUT2D eigenvalue weighted by Gasteiger charge is -2.12. The maximum atomic E-state index is 12.4. The molecule has 25 heavy (non-hydrogen) atoms. The third kappa shape index (κ3) is 4.73. The van der Waals surface area contributed by atoms with Gasteiger partial charge in [0.15, 0.2) is 11.5 Å². The van der Waals surface area contributed by atoms with Crippen LogP contribution in [0.5, 0.6) is 11.5 Å². The quantitative estimate of drug-likeness (QED) is 0.811. The molecule has 0 radical (unpaired) electrons. The molecule has 0 aliphatic rings. The molecule has 2 aromatic carbocycles. The van der Waals surface area contributed by atoms with E-state index < -0.39 is 0 Å². The van der Waals surface area contributed by atoms with E-state index in [1.54, 1.807) is 49.5 Å². The average Bonchev–Trinajstić information content (AvgIpc) is 2.66. The van der Waals surface area contributed by atoms with E-state index >= 15 is 0 Å². The Morgan fingerprint density at radius 1 is 0.960 bits per heavy atom. The highest BCUT2D eigenvalue weighted by Crippen LogP contribution is 2.28. The van der Waals surface area contributed by atoms with Crippen molar-refractivity contribution in [3.05, 3.63) is 53.6 Å². The number of rotatable bonds is 7. The van der Waals surface area contributed by atoms with Crippen molar-refractivity contribution >= 4 is 17.5 Å². The first-order valence-corrected chi connectivity index (χ1v) is 8.03. The van der Waals surface area contributed by atoms with Gasteiger partial charge in [-0.2, -0.15) is 0 Å². The molecule has 0 saturated heterocycles. The molecule has 2 N–H and O–H groups in total. The second-order valence-electron chi connectivity index (χ2n) is 5.32. The molecule has 0 saturated carbocycles. The Morgan fingerprint density at radius 2 is 1.64 bits per heavy atom. The lowest BCUT2D eigenvalue weighted by atomic mass is 10.1. The third-order valence-electron chi connectivity index (χ3n) is 3.52. The summed E-state index contributed by atoms with van der Waals surface area (Å²) in [6.07, 6.45) is 0.886. The largest absolute Gasteiger partial charge is 0.493 e. The van der Waals surface area contributed by atoms with Crippen molar-refractivity contribution < 1.29 is 19.1 Å². The number of benzene rings is 2. The van der Waals surface area contributed by atoms with Crippen LogP contribution in [0.25, 0.3) is 0 Å².